The molecule has 1 atom stereocenters. The van der Waals surface area contributed by atoms with Crippen LogP contribution in [-0.4, -0.2) is 52.8 Å². The molecule has 1 saturated heterocycles. The molecule has 1 aliphatic rings. The summed E-state index contributed by atoms with van der Waals surface area (Å²) in [5, 5.41) is 11.4. The number of aliphatic hydroxyl groups is 1. The summed E-state index contributed by atoms with van der Waals surface area (Å²) in [5.41, 5.74) is 3.64. The van der Waals surface area contributed by atoms with Gasteiger partial charge in [0.25, 0.3) is 11.7 Å². The smallest absolute Gasteiger partial charge is 0.295 e. The minimum Gasteiger partial charge on any atom is -0.507 e. The number of ether oxygens (including phenoxy) is 1. The van der Waals surface area contributed by atoms with Crippen molar-refractivity contribution in [2.45, 2.75) is 46.3 Å². The first kappa shape index (κ1) is 28.1. The number of hydrogen-bond donors (Lipinski definition) is 1. The van der Waals surface area contributed by atoms with E-state index in [1.54, 1.807) is 29.2 Å². The second kappa shape index (κ2) is 13.3. The molecule has 0 radical (unpaired) electrons. The number of carbonyl (C=O) groups excluding carboxylic acids is 2. The van der Waals surface area contributed by atoms with E-state index in [0.717, 1.165) is 43.6 Å². The summed E-state index contributed by atoms with van der Waals surface area (Å²) in [6.07, 6.45) is 1.63. The van der Waals surface area contributed by atoms with E-state index in [2.05, 4.69) is 25.7 Å². The summed E-state index contributed by atoms with van der Waals surface area (Å²) in [6.45, 7) is 9.88. The van der Waals surface area contributed by atoms with Crippen molar-refractivity contribution in [2.24, 2.45) is 0 Å². The quantitative estimate of drug-likeness (QED) is 0.179. The van der Waals surface area contributed by atoms with Gasteiger partial charge in [-0.2, -0.15) is 0 Å². The molecule has 3 aromatic rings. The molecular weight excluding hydrogens is 488 g/mol. The molecule has 1 heterocycles. The zero-order valence-corrected chi connectivity index (χ0v) is 23.1. The van der Waals surface area contributed by atoms with Gasteiger partial charge in [0, 0.05) is 12.1 Å². The summed E-state index contributed by atoms with van der Waals surface area (Å²) in [7, 11) is 0. The number of likely N-dealkylation sites (tertiary alicyclic amines) is 1. The van der Waals surface area contributed by atoms with Crippen LogP contribution in [0, 0.1) is 0 Å². The van der Waals surface area contributed by atoms with Crippen LogP contribution < -0.4 is 4.74 Å². The van der Waals surface area contributed by atoms with Crippen molar-refractivity contribution >= 4 is 17.4 Å². The Morgan fingerprint density at radius 1 is 0.872 bits per heavy atom. The van der Waals surface area contributed by atoms with Crippen molar-refractivity contribution in [1.29, 1.82) is 0 Å². The Balaban J connectivity index is 1.62. The number of hydrogen-bond acceptors (Lipinski definition) is 5. The van der Waals surface area contributed by atoms with E-state index < -0.39 is 17.7 Å². The lowest BCUT2D eigenvalue weighted by Crippen LogP contribution is -2.33. The standard InChI is InChI=1S/C33H38N2O4/c1-4-24-13-15-26(16-14-24)30-29(32(37)33(38)35(30)22-10-21-34(5-2)6-3)31(36)27-17-19-28(20-18-27)39-23-25-11-8-7-9-12-25/h7-9,11-20,30,36H,4-6,10,21-23H2,1-3H3/t30-/m0/s1. The Labute approximate surface area is 231 Å². The molecule has 3 aromatic carbocycles. The third kappa shape index (κ3) is 6.58. The Kier molecular flexibility index (Phi) is 9.55. The van der Waals surface area contributed by atoms with Crippen molar-refractivity contribution < 1.29 is 19.4 Å². The highest BCUT2D eigenvalue weighted by Gasteiger charge is 2.45. The van der Waals surface area contributed by atoms with Gasteiger partial charge in [-0.25, -0.2) is 0 Å². The minimum atomic E-state index is -0.649. The van der Waals surface area contributed by atoms with Crippen LogP contribution in [0.25, 0.3) is 5.76 Å². The SMILES string of the molecule is CCc1ccc([C@H]2C(=C(O)c3ccc(OCc4ccccc4)cc3)C(=O)C(=O)N2CCCN(CC)CC)cc1. The number of benzene rings is 3. The molecule has 1 amide bonds. The van der Waals surface area contributed by atoms with E-state index in [4.69, 9.17) is 4.74 Å². The molecule has 1 aliphatic heterocycles. The molecule has 0 aromatic heterocycles. The number of nitrogens with zero attached hydrogens (tertiary/aromatic N) is 2. The molecule has 6 heteroatoms. The van der Waals surface area contributed by atoms with Gasteiger partial charge in [0.2, 0.25) is 0 Å². The summed E-state index contributed by atoms with van der Waals surface area (Å²) in [5.74, 6) is -0.731. The first-order valence-electron chi connectivity index (χ1n) is 13.8. The van der Waals surface area contributed by atoms with Gasteiger partial charge in [0.1, 0.15) is 18.1 Å². The van der Waals surface area contributed by atoms with Crippen molar-refractivity contribution in [3.63, 3.8) is 0 Å². The van der Waals surface area contributed by atoms with Gasteiger partial charge in [-0.05, 0) is 73.4 Å². The van der Waals surface area contributed by atoms with E-state index in [1.807, 2.05) is 54.6 Å². The topological polar surface area (TPSA) is 70.1 Å². The lowest BCUT2D eigenvalue weighted by molar-refractivity contribution is -0.140. The van der Waals surface area contributed by atoms with Crippen LogP contribution >= 0.6 is 0 Å². The molecule has 0 saturated carbocycles. The predicted octanol–water partition coefficient (Wildman–Crippen LogP) is 5.98. The van der Waals surface area contributed by atoms with Crippen molar-refractivity contribution in [3.8, 4) is 5.75 Å². The van der Waals surface area contributed by atoms with Crippen LogP contribution in [0.4, 0.5) is 0 Å². The molecular formula is C33H38N2O4. The van der Waals surface area contributed by atoms with E-state index in [9.17, 15) is 14.7 Å². The second-order valence-electron chi connectivity index (χ2n) is 9.77. The normalized spacial score (nSPS) is 16.7. The zero-order chi connectivity index (χ0) is 27.8. The van der Waals surface area contributed by atoms with Gasteiger partial charge in [-0.3, -0.25) is 9.59 Å². The first-order chi connectivity index (χ1) is 19.0. The summed E-state index contributed by atoms with van der Waals surface area (Å²) >= 11 is 0. The molecule has 1 fully saturated rings. The summed E-state index contributed by atoms with van der Waals surface area (Å²) < 4.78 is 5.87. The van der Waals surface area contributed by atoms with Crippen molar-refractivity contribution in [1.82, 2.24) is 9.80 Å². The number of rotatable bonds is 12. The highest BCUT2D eigenvalue weighted by Crippen LogP contribution is 2.39. The van der Waals surface area contributed by atoms with Gasteiger partial charge >= 0.3 is 0 Å². The fraction of sp³-hybridized carbons (Fsp3) is 0.333. The van der Waals surface area contributed by atoms with Crippen LogP contribution in [0.15, 0.2) is 84.4 Å². The molecule has 0 aliphatic carbocycles. The second-order valence-corrected chi connectivity index (χ2v) is 9.77. The molecule has 0 unspecified atom stereocenters. The number of ketones is 1. The Morgan fingerprint density at radius 3 is 2.15 bits per heavy atom. The lowest BCUT2D eigenvalue weighted by atomic mass is 9.94. The number of carbonyl (C=O) groups is 2. The van der Waals surface area contributed by atoms with E-state index in [0.29, 0.717) is 24.5 Å². The number of aliphatic hydroxyl groups excluding tert-OH is 1. The fourth-order valence-electron chi connectivity index (χ4n) is 5.00. The van der Waals surface area contributed by atoms with Crippen LogP contribution in [0.1, 0.15) is 55.5 Å². The Morgan fingerprint density at radius 2 is 1.54 bits per heavy atom. The van der Waals surface area contributed by atoms with Crippen LogP contribution in [0.3, 0.4) is 0 Å². The van der Waals surface area contributed by atoms with E-state index in [1.165, 1.54) is 5.56 Å². The highest BCUT2D eigenvalue weighted by molar-refractivity contribution is 6.46. The maximum absolute atomic E-state index is 13.3. The lowest BCUT2D eigenvalue weighted by Gasteiger charge is -2.27. The molecule has 39 heavy (non-hydrogen) atoms. The maximum atomic E-state index is 13.3. The third-order valence-electron chi connectivity index (χ3n) is 7.39. The van der Waals surface area contributed by atoms with Crippen LogP contribution in [0.2, 0.25) is 0 Å². The maximum Gasteiger partial charge on any atom is 0.295 e. The monoisotopic (exact) mass is 526 g/mol. The van der Waals surface area contributed by atoms with Gasteiger partial charge in [0.05, 0.1) is 11.6 Å². The molecule has 0 bridgehead atoms. The summed E-state index contributed by atoms with van der Waals surface area (Å²) in [4.78, 5) is 30.5. The Hall–Kier alpha value is -3.90. The molecule has 1 N–H and O–H groups in total. The Bertz CT molecular complexity index is 1280. The van der Waals surface area contributed by atoms with Crippen LogP contribution in [-0.2, 0) is 22.6 Å². The molecule has 204 valence electrons. The van der Waals surface area contributed by atoms with Gasteiger partial charge in [-0.15, -0.1) is 0 Å². The highest BCUT2D eigenvalue weighted by atomic mass is 16.5. The fourth-order valence-corrected chi connectivity index (χ4v) is 5.00. The molecule has 6 nitrogen and oxygen atoms in total. The zero-order valence-electron chi connectivity index (χ0n) is 23.1. The average molecular weight is 527 g/mol. The molecule has 4 rings (SSSR count). The van der Waals surface area contributed by atoms with Gasteiger partial charge < -0.3 is 19.6 Å². The average Bonchev–Trinajstić information content (AvgIpc) is 3.23. The van der Waals surface area contributed by atoms with E-state index in [-0.39, 0.29) is 11.3 Å². The first-order valence-corrected chi connectivity index (χ1v) is 13.8. The van der Waals surface area contributed by atoms with E-state index >= 15 is 0 Å². The van der Waals surface area contributed by atoms with Crippen molar-refractivity contribution in [2.75, 3.05) is 26.2 Å². The number of Topliss-reactive ketones (excluding diaryl/α,β-unsaturated/α-hetero) is 1. The van der Waals surface area contributed by atoms with Crippen LogP contribution in [0.5, 0.6) is 5.75 Å². The number of amides is 1. The largest absolute Gasteiger partial charge is 0.507 e. The third-order valence-corrected chi connectivity index (χ3v) is 7.39. The number of aryl methyl sites for hydroxylation is 1. The summed E-state index contributed by atoms with van der Waals surface area (Å²) in [6, 6.07) is 24.2. The van der Waals surface area contributed by atoms with Crippen molar-refractivity contribution in [3.05, 3.63) is 107 Å². The minimum absolute atomic E-state index is 0.130. The molecule has 0 spiro atoms. The predicted molar refractivity (Wildman–Crippen MR) is 154 cm³/mol. The van der Waals surface area contributed by atoms with Gasteiger partial charge in [0.15, 0.2) is 0 Å². The van der Waals surface area contributed by atoms with Gasteiger partial charge in [-0.1, -0.05) is 75.4 Å².